The zero-order valence-corrected chi connectivity index (χ0v) is 13.5. The normalized spacial score (nSPS) is 23.1. The average molecular weight is 317 g/mol. The van der Waals surface area contributed by atoms with E-state index in [2.05, 4.69) is 0 Å². The van der Waals surface area contributed by atoms with Gasteiger partial charge < -0.3 is 14.7 Å². The third-order valence-corrected chi connectivity index (χ3v) is 4.67. The number of amides is 1. The number of rotatable bonds is 2. The van der Waals surface area contributed by atoms with Crippen LogP contribution in [0.1, 0.15) is 52.5 Å². The van der Waals surface area contributed by atoms with Crippen molar-refractivity contribution in [3.63, 3.8) is 0 Å². The van der Waals surface area contributed by atoms with E-state index in [0.717, 1.165) is 30.4 Å². The highest BCUT2D eigenvalue weighted by Crippen LogP contribution is 2.23. The SMILES string of the molecule is CC(O)C1CN(C(=O)c2ccc3c(c2)CCCCC3=O)CCO1. The lowest BCUT2D eigenvalue weighted by atomic mass is 9.98. The zero-order valence-electron chi connectivity index (χ0n) is 13.5. The molecule has 2 aliphatic rings. The summed E-state index contributed by atoms with van der Waals surface area (Å²) < 4.78 is 5.49. The molecule has 23 heavy (non-hydrogen) atoms. The van der Waals surface area contributed by atoms with Crippen LogP contribution >= 0.6 is 0 Å². The van der Waals surface area contributed by atoms with Crippen LogP contribution in [0, 0.1) is 0 Å². The predicted molar refractivity (Wildman–Crippen MR) is 85.7 cm³/mol. The zero-order chi connectivity index (χ0) is 16.4. The summed E-state index contributed by atoms with van der Waals surface area (Å²) in [5.74, 6) is 0.121. The van der Waals surface area contributed by atoms with Crippen LogP contribution in [-0.4, -0.2) is 53.6 Å². The van der Waals surface area contributed by atoms with E-state index in [1.165, 1.54) is 0 Å². The first-order valence-electron chi connectivity index (χ1n) is 8.31. The van der Waals surface area contributed by atoms with E-state index in [9.17, 15) is 14.7 Å². The summed E-state index contributed by atoms with van der Waals surface area (Å²) in [6.45, 7) is 3.03. The van der Waals surface area contributed by atoms with Gasteiger partial charge in [0.2, 0.25) is 0 Å². The van der Waals surface area contributed by atoms with Crippen LogP contribution in [0.25, 0.3) is 0 Å². The smallest absolute Gasteiger partial charge is 0.254 e. The lowest BCUT2D eigenvalue weighted by molar-refractivity contribution is -0.0745. The molecule has 2 unspecified atom stereocenters. The molecule has 1 fully saturated rings. The summed E-state index contributed by atoms with van der Waals surface area (Å²) >= 11 is 0. The van der Waals surface area contributed by atoms with Crippen molar-refractivity contribution in [1.82, 2.24) is 4.90 Å². The number of hydrogen-bond donors (Lipinski definition) is 1. The molecule has 1 amide bonds. The Hall–Kier alpha value is -1.72. The molecule has 1 heterocycles. The Kier molecular flexibility index (Phi) is 4.78. The monoisotopic (exact) mass is 317 g/mol. The minimum atomic E-state index is -0.602. The third kappa shape index (κ3) is 3.46. The van der Waals surface area contributed by atoms with Crippen molar-refractivity contribution in [2.75, 3.05) is 19.7 Å². The van der Waals surface area contributed by atoms with Crippen LogP contribution in [-0.2, 0) is 11.2 Å². The predicted octanol–water partition coefficient (Wildman–Crippen LogP) is 1.82. The van der Waals surface area contributed by atoms with E-state index >= 15 is 0 Å². The van der Waals surface area contributed by atoms with Crippen LogP contribution in [0.4, 0.5) is 0 Å². The number of fused-ring (bicyclic) bond motifs is 1. The van der Waals surface area contributed by atoms with E-state index < -0.39 is 6.10 Å². The number of aryl methyl sites for hydroxylation is 1. The Balaban J connectivity index is 1.80. The van der Waals surface area contributed by atoms with Gasteiger partial charge >= 0.3 is 0 Å². The molecule has 0 radical (unpaired) electrons. The molecule has 1 aromatic rings. The largest absolute Gasteiger partial charge is 0.391 e. The number of carbonyl (C=O) groups excluding carboxylic acids is 2. The van der Waals surface area contributed by atoms with Gasteiger partial charge in [-0.25, -0.2) is 0 Å². The van der Waals surface area contributed by atoms with Crippen molar-refractivity contribution in [1.29, 1.82) is 0 Å². The summed E-state index contributed by atoms with van der Waals surface area (Å²) in [6, 6.07) is 5.41. The molecule has 1 aromatic carbocycles. The van der Waals surface area contributed by atoms with E-state index in [4.69, 9.17) is 4.74 Å². The van der Waals surface area contributed by atoms with Gasteiger partial charge in [-0.3, -0.25) is 9.59 Å². The Morgan fingerprint density at radius 1 is 1.35 bits per heavy atom. The van der Waals surface area contributed by atoms with Crippen LogP contribution in [0.15, 0.2) is 18.2 Å². The van der Waals surface area contributed by atoms with Crippen molar-refractivity contribution < 1.29 is 19.4 Å². The van der Waals surface area contributed by atoms with Crippen molar-refractivity contribution in [2.45, 2.75) is 44.8 Å². The van der Waals surface area contributed by atoms with Gasteiger partial charge in [0.1, 0.15) is 6.10 Å². The van der Waals surface area contributed by atoms with Crippen molar-refractivity contribution in [3.8, 4) is 0 Å². The second kappa shape index (κ2) is 6.81. The van der Waals surface area contributed by atoms with E-state index in [-0.39, 0.29) is 17.8 Å². The molecule has 0 saturated carbocycles. The number of nitrogens with zero attached hydrogens (tertiary/aromatic N) is 1. The fourth-order valence-electron chi connectivity index (χ4n) is 3.28. The summed E-state index contributed by atoms with van der Waals surface area (Å²) in [7, 11) is 0. The van der Waals surface area contributed by atoms with E-state index in [1.54, 1.807) is 24.0 Å². The molecule has 1 aliphatic heterocycles. The second-order valence-electron chi connectivity index (χ2n) is 6.40. The van der Waals surface area contributed by atoms with Gasteiger partial charge in [-0.05, 0) is 43.9 Å². The topological polar surface area (TPSA) is 66.8 Å². The van der Waals surface area contributed by atoms with Crippen LogP contribution in [0.3, 0.4) is 0 Å². The molecule has 5 nitrogen and oxygen atoms in total. The number of carbonyl (C=O) groups is 2. The molecule has 0 spiro atoms. The highest BCUT2D eigenvalue weighted by atomic mass is 16.5. The fraction of sp³-hybridized carbons (Fsp3) is 0.556. The molecule has 2 atom stereocenters. The first-order valence-corrected chi connectivity index (χ1v) is 8.31. The number of morpholine rings is 1. The second-order valence-corrected chi connectivity index (χ2v) is 6.40. The molecular weight excluding hydrogens is 294 g/mol. The molecule has 0 bridgehead atoms. The number of ketones is 1. The van der Waals surface area contributed by atoms with Crippen LogP contribution in [0.2, 0.25) is 0 Å². The van der Waals surface area contributed by atoms with Crippen LogP contribution < -0.4 is 0 Å². The summed E-state index contributed by atoms with van der Waals surface area (Å²) in [4.78, 5) is 26.5. The number of benzene rings is 1. The summed E-state index contributed by atoms with van der Waals surface area (Å²) in [6.07, 6.45) is 2.40. The molecule has 0 aromatic heterocycles. The maximum absolute atomic E-state index is 12.7. The molecule has 1 N–H and O–H groups in total. The van der Waals surface area contributed by atoms with Gasteiger partial charge in [-0.1, -0.05) is 6.07 Å². The first kappa shape index (κ1) is 16.1. The van der Waals surface area contributed by atoms with Gasteiger partial charge in [0.25, 0.3) is 5.91 Å². The lowest BCUT2D eigenvalue weighted by Crippen LogP contribution is -2.49. The number of aliphatic hydroxyl groups excluding tert-OH is 1. The minimum absolute atomic E-state index is 0.0570. The highest BCUT2D eigenvalue weighted by molar-refractivity contribution is 6.00. The minimum Gasteiger partial charge on any atom is -0.391 e. The molecule has 5 heteroatoms. The first-order chi connectivity index (χ1) is 11.1. The van der Waals surface area contributed by atoms with Gasteiger partial charge in [0.05, 0.1) is 12.7 Å². The number of Topliss-reactive ketones (excluding diaryl/α,β-unsaturated/α-hetero) is 1. The molecule has 3 rings (SSSR count). The number of hydrogen-bond acceptors (Lipinski definition) is 4. The lowest BCUT2D eigenvalue weighted by Gasteiger charge is -2.34. The Morgan fingerprint density at radius 3 is 2.91 bits per heavy atom. The standard InChI is InChI=1S/C18H23NO4/c1-12(20)17-11-19(8-9-23-17)18(22)14-6-7-15-13(10-14)4-2-3-5-16(15)21/h6-7,10,12,17,20H,2-5,8-9,11H2,1H3. The number of ether oxygens (including phenoxy) is 1. The van der Waals surface area contributed by atoms with E-state index in [1.807, 2.05) is 6.07 Å². The average Bonchev–Trinajstić information content (AvgIpc) is 2.75. The van der Waals surface area contributed by atoms with E-state index in [0.29, 0.717) is 31.7 Å². The molecule has 1 saturated heterocycles. The Morgan fingerprint density at radius 2 is 2.13 bits per heavy atom. The maximum Gasteiger partial charge on any atom is 0.254 e. The van der Waals surface area contributed by atoms with Gasteiger partial charge in [0, 0.05) is 30.6 Å². The molecule has 1 aliphatic carbocycles. The highest BCUT2D eigenvalue weighted by Gasteiger charge is 2.28. The Bertz CT molecular complexity index is 611. The van der Waals surface area contributed by atoms with Crippen molar-refractivity contribution >= 4 is 11.7 Å². The third-order valence-electron chi connectivity index (χ3n) is 4.67. The Labute approximate surface area is 136 Å². The van der Waals surface area contributed by atoms with Gasteiger partial charge in [0.15, 0.2) is 5.78 Å². The summed E-state index contributed by atoms with van der Waals surface area (Å²) in [5.41, 5.74) is 2.37. The summed E-state index contributed by atoms with van der Waals surface area (Å²) in [5, 5.41) is 9.67. The maximum atomic E-state index is 12.7. The van der Waals surface area contributed by atoms with Gasteiger partial charge in [-0.15, -0.1) is 0 Å². The molecule has 124 valence electrons. The quantitative estimate of drug-likeness (QED) is 0.845. The van der Waals surface area contributed by atoms with Crippen molar-refractivity contribution in [2.24, 2.45) is 0 Å². The van der Waals surface area contributed by atoms with Gasteiger partial charge in [-0.2, -0.15) is 0 Å². The van der Waals surface area contributed by atoms with Crippen LogP contribution in [0.5, 0.6) is 0 Å². The number of aliphatic hydroxyl groups is 1. The molecular formula is C18H23NO4. The fourth-order valence-corrected chi connectivity index (χ4v) is 3.28. The van der Waals surface area contributed by atoms with Crippen molar-refractivity contribution in [3.05, 3.63) is 34.9 Å².